The molecule has 0 radical (unpaired) electrons. The second kappa shape index (κ2) is 5.73. The van der Waals surface area contributed by atoms with Gasteiger partial charge in [-0.3, -0.25) is 0 Å². The van der Waals surface area contributed by atoms with Gasteiger partial charge in [0.15, 0.2) is 0 Å². The number of anilines is 2. The highest BCUT2D eigenvalue weighted by atomic mass is 15.2. The van der Waals surface area contributed by atoms with E-state index in [-0.39, 0.29) is 0 Å². The number of aromatic nitrogens is 1. The normalized spacial score (nSPS) is 11.1. The Morgan fingerprint density at radius 2 is 1.75 bits per heavy atom. The van der Waals surface area contributed by atoms with E-state index in [1.807, 2.05) is 12.1 Å². The second-order valence-corrected chi connectivity index (χ2v) is 5.14. The van der Waals surface area contributed by atoms with Gasteiger partial charge in [0.2, 0.25) is 0 Å². The molecule has 0 bridgehead atoms. The Morgan fingerprint density at radius 1 is 1.19 bits per heavy atom. The first kappa shape index (κ1) is 12.8. The predicted molar refractivity (Wildman–Crippen MR) is 70.5 cm³/mol. The molecule has 1 aromatic rings. The molecule has 0 spiro atoms. The SMILES string of the molecule is CC(C)CN(CC(C)C)c1cc(N)ccn1. The lowest BCUT2D eigenvalue weighted by Crippen LogP contribution is -2.32. The number of nitrogens with zero attached hydrogens (tertiary/aromatic N) is 2. The summed E-state index contributed by atoms with van der Waals surface area (Å²) in [5.74, 6) is 2.24. The minimum Gasteiger partial charge on any atom is -0.399 e. The van der Waals surface area contributed by atoms with Gasteiger partial charge in [-0.1, -0.05) is 27.7 Å². The summed E-state index contributed by atoms with van der Waals surface area (Å²) >= 11 is 0. The van der Waals surface area contributed by atoms with Crippen LogP contribution in [-0.2, 0) is 0 Å². The summed E-state index contributed by atoms with van der Waals surface area (Å²) in [6.45, 7) is 10.9. The minimum absolute atomic E-state index is 0.627. The van der Waals surface area contributed by atoms with Crippen LogP contribution in [0.1, 0.15) is 27.7 Å². The summed E-state index contributed by atoms with van der Waals surface area (Å²) in [4.78, 5) is 6.70. The Bertz CT molecular complexity index is 311. The van der Waals surface area contributed by atoms with E-state index < -0.39 is 0 Å². The predicted octanol–water partition coefficient (Wildman–Crippen LogP) is 2.78. The van der Waals surface area contributed by atoms with E-state index in [1.165, 1.54) is 0 Å². The first-order valence-corrected chi connectivity index (χ1v) is 5.95. The molecule has 1 rings (SSSR count). The van der Waals surface area contributed by atoms with Gasteiger partial charge in [0.05, 0.1) is 0 Å². The van der Waals surface area contributed by atoms with E-state index in [4.69, 9.17) is 5.73 Å². The molecule has 0 aliphatic heterocycles. The van der Waals surface area contributed by atoms with Crippen LogP contribution in [0.25, 0.3) is 0 Å². The van der Waals surface area contributed by atoms with Crippen LogP contribution in [0, 0.1) is 11.8 Å². The van der Waals surface area contributed by atoms with E-state index in [0.717, 1.165) is 24.6 Å². The van der Waals surface area contributed by atoms with Gasteiger partial charge >= 0.3 is 0 Å². The number of hydrogen-bond donors (Lipinski definition) is 1. The maximum atomic E-state index is 5.79. The maximum absolute atomic E-state index is 5.79. The zero-order valence-electron chi connectivity index (χ0n) is 10.8. The molecule has 16 heavy (non-hydrogen) atoms. The van der Waals surface area contributed by atoms with Crippen LogP contribution in [0.2, 0.25) is 0 Å². The topological polar surface area (TPSA) is 42.1 Å². The van der Waals surface area contributed by atoms with Crippen molar-refractivity contribution in [2.24, 2.45) is 11.8 Å². The van der Waals surface area contributed by atoms with E-state index in [1.54, 1.807) is 6.20 Å². The Morgan fingerprint density at radius 3 is 2.19 bits per heavy atom. The first-order chi connectivity index (χ1) is 7.49. The molecule has 0 fully saturated rings. The van der Waals surface area contributed by atoms with E-state index in [0.29, 0.717) is 11.8 Å². The monoisotopic (exact) mass is 221 g/mol. The third-order valence-electron chi connectivity index (χ3n) is 2.26. The van der Waals surface area contributed by atoms with Gasteiger partial charge in [0, 0.05) is 31.0 Å². The van der Waals surface area contributed by atoms with Crippen molar-refractivity contribution in [3.8, 4) is 0 Å². The fraction of sp³-hybridized carbons (Fsp3) is 0.615. The molecule has 3 heteroatoms. The van der Waals surface area contributed by atoms with Crippen LogP contribution in [0.4, 0.5) is 11.5 Å². The second-order valence-electron chi connectivity index (χ2n) is 5.14. The lowest BCUT2D eigenvalue weighted by Gasteiger charge is -2.27. The van der Waals surface area contributed by atoms with Crippen molar-refractivity contribution < 1.29 is 0 Å². The van der Waals surface area contributed by atoms with Crippen LogP contribution < -0.4 is 10.6 Å². The smallest absolute Gasteiger partial charge is 0.130 e. The molecule has 0 aromatic carbocycles. The van der Waals surface area contributed by atoms with Crippen molar-refractivity contribution in [2.45, 2.75) is 27.7 Å². The summed E-state index contributed by atoms with van der Waals surface area (Å²) in [5.41, 5.74) is 6.57. The number of nitrogen functional groups attached to an aromatic ring is 1. The molecule has 90 valence electrons. The summed E-state index contributed by atoms with van der Waals surface area (Å²) in [6.07, 6.45) is 1.78. The molecule has 1 heterocycles. The lowest BCUT2D eigenvalue weighted by molar-refractivity contribution is 0.549. The zero-order chi connectivity index (χ0) is 12.1. The van der Waals surface area contributed by atoms with Gasteiger partial charge < -0.3 is 10.6 Å². The van der Waals surface area contributed by atoms with Crippen molar-refractivity contribution in [2.75, 3.05) is 23.7 Å². The summed E-state index contributed by atoms with van der Waals surface area (Å²) in [7, 11) is 0. The van der Waals surface area contributed by atoms with Gasteiger partial charge in [-0.05, 0) is 17.9 Å². The lowest BCUT2D eigenvalue weighted by atomic mass is 10.1. The van der Waals surface area contributed by atoms with E-state index >= 15 is 0 Å². The van der Waals surface area contributed by atoms with Crippen LogP contribution in [0.15, 0.2) is 18.3 Å². The highest BCUT2D eigenvalue weighted by Gasteiger charge is 2.11. The molecule has 0 saturated carbocycles. The Kier molecular flexibility index (Phi) is 4.59. The van der Waals surface area contributed by atoms with Crippen LogP contribution >= 0.6 is 0 Å². The highest BCUT2D eigenvalue weighted by molar-refractivity contribution is 5.50. The summed E-state index contributed by atoms with van der Waals surface area (Å²) < 4.78 is 0. The Labute approximate surface area is 98.7 Å². The zero-order valence-corrected chi connectivity index (χ0v) is 10.8. The molecular formula is C13H23N3. The van der Waals surface area contributed by atoms with E-state index in [2.05, 4.69) is 37.6 Å². The highest BCUT2D eigenvalue weighted by Crippen LogP contribution is 2.17. The molecule has 0 aliphatic carbocycles. The van der Waals surface area contributed by atoms with Crippen molar-refractivity contribution >= 4 is 11.5 Å². The van der Waals surface area contributed by atoms with Crippen molar-refractivity contribution in [1.82, 2.24) is 4.98 Å². The molecule has 0 unspecified atom stereocenters. The number of rotatable bonds is 5. The van der Waals surface area contributed by atoms with Crippen molar-refractivity contribution in [3.05, 3.63) is 18.3 Å². The number of hydrogen-bond acceptors (Lipinski definition) is 3. The van der Waals surface area contributed by atoms with Gasteiger partial charge in [-0.2, -0.15) is 0 Å². The van der Waals surface area contributed by atoms with Crippen molar-refractivity contribution in [3.63, 3.8) is 0 Å². The number of pyridine rings is 1. The molecule has 3 nitrogen and oxygen atoms in total. The Balaban J connectivity index is 2.82. The quantitative estimate of drug-likeness (QED) is 0.831. The average molecular weight is 221 g/mol. The Hall–Kier alpha value is -1.25. The van der Waals surface area contributed by atoms with E-state index in [9.17, 15) is 0 Å². The fourth-order valence-electron chi connectivity index (χ4n) is 1.75. The summed E-state index contributed by atoms with van der Waals surface area (Å²) in [6, 6.07) is 3.77. The molecule has 2 N–H and O–H groups in total. The van der Waals surface area contributed by atoms with Crippen LogP contribution in [-0.4, -0.2) is 18.1 Å². The van der Waals surface area contributed by atoms with Gasteiger partial charge in [0.1, 0.15) is 5.82 Å². The molecule has 0 aliphatic rings. The molecular weight excluding hydrogens is 198 g/mol. The molecule has 0 atom stereocenters. The maximum Gasteiger partial charge on any atom is 0.130 e. The first-order valence-electron chi connectivity index (χ1n) is 5.95. The van der Waals surface area contributed by atoms with Crippen LogP contribution in [0.5, 0.6) is 0 Å². The molecule has 0 amide bonds. The van der Waals surface area contributed by atoms with Crippen LogP contribution in [0.3, 0.4) is 0 Å². The largest absolute Gasteiger partial charge is 0.399 e. The fourth-order valence-corrected chi connectivity index (χ4v) is 1.75. The summed E-state index contributed by atoms with van der Waals surface area (Å²) in [5, 5.41) is 0. The number of nitrogens with two attached hydrogens (primary N) is 1. The molecule has 1 aromatic heterocycles. The van der Waals surface area contributed by atoms with Gasteiger partial charge in [-0.15, -0.1) is 0 Å². The van der Waals surface area contributed by atoms with Crippen molar-refractivity contribution in [1.29, 1.82) is 0 Å². The molecule has 0 saturated heterocycles. The average Bonchev–Trinajstić information content (AvgIpc) is 2.15. The standard InChI is InChI=1S/C13H23N3/c1-10(2)8-16(9-11(3)4)13-7-12(14)5-6-15-13/h5-7,10-11H,8-9H2,1-4H3,(H2,14,15). The van der Waals surface area contributed by atoms with Gasteiger partial charge in [-0.25, -0.2) is 4.98 Å². The van der Waals surface area contributed by atoms with Gasteiger partial charge in [0.25, 0.3) is 0 Å². The third kappa shape index (κ3) is 4.09. The minimum atomic E-state index is 0.627. The third-order valence-corrected chi connectivity index (χ3v) is 2.26.